The van der Waals surface area contributed by atoms with Crippen molar-refractivity contribution < 1.29 is 8.78 Å². The third-order valence-electron chi connectivity index (χ3n) is 1.47. The minimum Gasteiger partial charge on any atom is -0.318 e. The maximum Gasteiger partial charge on any atom is 0.259 e. The second-order valence-electron chi connectivity index (χ2n) is 2.24. The maximum atomic E-state index is 12.0. The summed E-state index contributed by atoms with van der Waals surface area (Å²) in [7, 11) is 1.58. The Labute approximate surface area is 62.8 Å². The first-order valence-corrected chi connectivity index (χ1v) is 3.14. The number of nitrogens with two attached hydrogens (primary N) is 1. The lowest BCUT2D eigenvalue weighted by Crippen LogP contribution is -2.21. The Kier molecular flexibility index (Phi) is 2.19. The van der Waals surface area contributed by atoms with Crippen LogP contribution in [-0.2, 0) is 7.05 Å². The van der Waals surface area contributed by atoms with Crippen LogP contribution in [0, 0.1) is 0 Å². The molecule has 1 aromatic rings. The lowest BCUT2D eigenvalue weighted by atomic mass is 10.2. The van der Waals surface area contributed by atoms with Crippen molar-refractivity contribution in [1.29, 1.82) is 0 Å². The van der Waals surface area contributed by atoms with Crippen LogP contribution in [0.15, 0.2) is 12.3 Å². The number of hydrogen-bond donors (Lipinski definition) is 1. The zero-order chi connectivity index (χ0) is 8.43. The summed E-state index contributed by atoms with van der Waals surface area (Å²) in [6.45, 7) is 0. The van der Waals surface area contributed by atoms with E-state index in [1.807, 2.05) is 0 Å². The van der Waals surface area contributed by atoms with Crippen molar-refractivity contribution in [3.8, 4) is 0 Å². The van der Waals surface area contributed by atoms with Crippen LogP contribution in [0.3, 0.4) is 0 Å². The van der Waals surface area contributed by atoms with Crippen molar-refractivity contribution in [1.82, 2.24) is 9.78 Å². The Balaban J connectivity index is 2.84. The number of rotatable bonds is 2. The first kappa shape index (κ1) is 8.13. The minimum atomic E-state index is -2.54. The van der Waals surface area contributed by atoms with Crippen molar-refractivity contribution in [2.45, 2.75) is 12.5 Å². The van der Waals surface area contributed by atoms with E-state index in [1.165, 1.54) is 16.9 Å². The number of alkyl halides is 2. The predicted octanol–water partition coefficient (Wildman–Crippen LogP) is 0.685. The van der Waals surface area contributed by atoms with Gasteiger partial charge >= 0.3 is 0 Å². The molecular formula is C6H9F2N3. The van der Waals surface area contributed by atoms with Crippen LogP contribution < -0.4 is 5.73 Å². The van der Waals surface area contributed by atoms with Gasteiger partial charge in [0, 0.05) is 13.2 Å². The summed E-state index contributed by atoms with van der Waals surface area (Å²) in [4.78, 5) is 0. The van der Waals surface area contributed by atoms with E-state index in [0.29, 0.717) is 5.69 Å². The van der Waals surface area contributed by atoms with E-state index in [2.05, 4.69) is 5.10 Å². The summed E-state index contributed by atoms with van der Waals surface area (Å²) in [6.07, 6.45) is -1.09. The zero-order valence-electron chi connectivity index (χ0n) is 6.04. The Morgan fingerprint density at radius 3 is 2.64 bits per heavy atom. The molecule has 0 amide bonds. The van der Waals surface area contributed by atoms with Crippen molar-refractivity contribution >= 4 is 0 Å². The molecule has 0 bridgehead atoms. The molecule has 0 saturated heterocycles. The van der Waals surface area contributed by atoms with Gasteiger partial charge in [0.05, 0.1) is 5.69 Å². The fourth-order valence-corrected chi connectivity index (χ4v) is 0.840. The Morgan fingerprint density at radius 1 is 1.64 bits per heavy atom. The van der Waals surface area contributed by atoms with E-state index in [4.69, 9.17) is 5.73 Å². The van der Waals surface area contributed by atoms with E-state index in [0.717, 1.165) is 0 Å². The molecule has 0 spiro atoms. The van der Waals surface area contributed by atoms with Gasteiger partial charge in [0.1, 0.15) is 6.04 Å². The summed E-state index contributed by atoms with van der Waals surface area (Å²) in [6, 6.07) is 0.249. The van der Waals surface area contributed by atoms with Gasteiger partial charge in [-0.3, -0.25) is 4.68 Å². The van der Waals surface area contributed by atoms with Gasteiger partial charge in [0.2, 0.25) is 0 Å². The summed E-state index contributed by atoms with van der Waals surface area (Å²) in [5, 5.41) is 3.72. The highest BCUT2D eigenvalue weighted by atomic mass is 19.3. The fourth-order valence-electron chi connectivity index (χ4n) is 0.840. The molecular weight excluding hydrogens is 152 g/mol. The van der Waals surface area contributed by atoms with Gasteiger partial charge in [-0.05, 0) is 6.07 Å². The molecule has 1 heterocycles. The smallest absolute Gasteiger partial charge is 0.259 e. The normalized spacial score (nSPS) is 13.9. The van der Waals surface area contributed by atoms with Crippen LogP contribution in [0.4, 0.5) is 8.78 Å². The first-order chi connectivity index (χ1) is 5.13. The van der Waals surface area contributed by atoms with E-state index < -0.39 is 12.5 Å². The largest absolute Gasteiger partial charge is 0.318 e. The quantitative estimate of drug-likeness (QED) is 0.693. The SMILES string of the molecule is Cn1nccc1C(N)C(F)F. The zero-order valence-corrected chi connectivity index (χ0v) is 6.04. The molecule has 1 unspecified atom stereocenters. The predicted molar refractivity (Wildman–Crippen MR) is 36.1 cm³/mol. The molecule has 0 aliphatic carbocycles. The molecule has 62 valence electrons. The van der Waals surface area contributed by atoms with Gasteiger partial charge in [-0.15, -0.1) is 0 Å². The summed E-state index contributed by atoms with van der Waals surface area (Å²) < 4.78 is 25.4. The third kappa shape index (κ3) is 1.54. The van der Waals surface area contributed by atoms with E-state index in [-0.39, 0.29) is 0 Å². The third-order valence-corrected chi connectivity index (χ3v) is 1.47. The second-order valence-corrected chi connectivity index (χ2v) is 2.24. The summed E-state index contributed by atoms with van der Waals surface area (Å²) >= 11 is 0. The Hall–Kier alpha value is -0.970. The van der Waals surface area contributed by atoms with E-state index >= 15 is 0 Å². The van der Waals surface area contributed by atoms with Gasteiger partial charge in [0.15, 0.2) is 0 Å². The number of halogens is 2. The molecule has 1 atom stereocenters. The molecule has 11 heavy (non-hydrogen) atoms. The van der Waals surface area contributed by atoms with Crippen LogP contribution in [-0.4, -0.2) is 16.2 Å². The van der Waals surface area contributed by atoms with Crippen LogP contribution in [0.5, 0.6) is 0 Å². The number of nitrogens with zero attached hydrogens (tertiary/aromatic N) is 2. The Morgan fingerprint density at radius 2 is 2.27 bits per heavy atom. The number of hydrogen-bond acceptors (Lipinski definition) is 2. The highest BCUT2D eigenvalue weighted by Gasteiger charge is 2.19. The van der Waals surface area contributed by atoms with Crippen LogP contribution in [0.2, 0.25) is 0 Å². The number of aromatic nitrogens is 2. The van der Waals surface area contributed by atoms with Crippen molar-refractivity contribution in [2.75, 3.05) is 0 Å². The first-order valence-electron chi connectivity index (χ1n) is 3.14. The van der Waals surface area contributed by atoms with Gasteiger partial charge in [0.25, 0.3) is 6.43 Å². The highest BCUT2D eigenvalue weighted by molar-refractivity contribution is 5.06. The summed E-state index contributed by atoms with van der Waals surface area (Å²) in [5.74, 6) is 0. The highest BCUT2D eigenvalue weighted by Crippen LogP contribution is 2.15. The molecule has 2 N–H and O–H groups in total. The van der Waals surface area contributed by atoms with Gasteiger partial charge < -0.3 is 5.73 Å². The monoisotopic (exact) mass is 161 g/mol. The average molecular weight is 161 g/mol. The van der Waals surface area contributed by atoms with Gasteiger partial charge in [-0.25, -0.2) is 8.78 Å². The van der Waals surface area contributed by atoms with Gasteiger partial charge in [-0.2, -0.15) is 5.10 Å². The van der Waals surface area contributed by atoms with E-state index in [1.54, 1.807) is 7.05 Å². The summed E-state index contributed by atoms with van der Waals surface area (Å²) in [5.41, 5.74) is 5.52. The molecule has 0 radical (unpaired) electrons. The van der Waals surface area contributed by atoms with Gasteiger partial charge in [-0.1, -0.05) is 0 Å². The van der Waals surface area contributed by atoms with Crippen molar-refractivity contribution in [3.63, 3.8) is 0 Å². The van der Waals surface area contributed by atoms with Crippen LogP contribution in [0.1, 0.15) is 11.7 Å². The molecule has 1 rings (SSSR count). The van der Waals surface area contributed by atoms with Crippen LogP contribution >= 0.6 is 0 Å². The number of aryl methyl sites for hydroxylation is 1. The van der Waals surface area contributed by atoms with Crippen molar-refractivity contribution in [3.05, 3.63) is 18.0 Å². The van der Waals surface area contributed by atoms with Crippen LogP contribution in [0.25, 0.3) is 0 Å². The van der Waals surface area contributed by atoms with E-state index in [9.17, 15) is 8.78 Å². The topological polar surface area (TPSA) is 43.8 Å². The standard InChI is InChI=1S/C6H9F2N3/c1-11-4(2-3-10-11)5(9)6(7)8/h2-3,5-6H,9H2,1H3. The lowest BCUT2D eigenvalue weighted by Gasteiger charge is -2.09. The Bertz CT molecular complexity index is 233. The molecule has 1 aromatic heterocycles. The maximum absolute atomic E-state index is 12.0. The fraction of sp³-hybridized carbons (Fsp3) is 0.500. The molecule has 0 aliphatic heterocycles. The molecule has 0 saturated carbocycles. The molecule has 3 nitrogen and oxygen atoms in total. The average Bonchev–Trinajstić information content (AvgIpc) is 2.33. The molecule has 0 aromatic carbocycles. The molecule has 0 aliphatic rings. The minimum absolute atomic E-state index is 0.347. The lowest BCUT2D eigenvalue weighted by molar-refractivity contribution is 0.113. The molecule has 5 heteroatoms. The molecule has 0 fully saturated rings. The van der Waals surface area contributed by atoms with Crippen molar-refractivity contribution in [2.24, 2.45) is 12.8 Å². The second kappa shape index (κ2) is 2.96.